The number of carboxylic acid groups (broad SMARTS) is 1. The quantitative estimate of drug-likeness (QED) is 0.752. The Morgan fingerprint density at radius 3 is 2.54 bits per heavy atom. The number of benzene rings is 2. The van der Waals surface area contributed by atoms with Crippen molar-refractivity contribution in [2.45, 2.75) is 0 Å². The summed E-state index contributed by atoms with van der Waals surface area (Å²) in [6.07, 6.45) is 0. The monoisotopic (exact) mass is 407 g/mol. The molecule has 0 aliphatic heterocycles. The summed E-state index contributed by atoms with van der Waals surface area (Å²) < 4.78 is 5.74. The van der Waals surface area contributed by atoms with E-state index in [1.54, 1.807) is 30.3 Å². The fourth-order valence-electron chi connectivity index (χ4n) is 1.87. The van der Waals surface area contributed by atoms with E-state index in [1.165, 1.54) is 19.2 Å². The number of amides is 1. The van der Waals surface area contributed by atoms with Crippen LogP contribution in [0.1, 0.15) is 20.7 Å². The second-order valence-corrected chi connectivity index (χ2v) is 5.89. The first-order valence-corrected chi connectivity index (χ1v) is 7.88. The molecule has 0 saturated heterocycles. The van der Waals surface area contributed by atoms with Crippen LogP contribution >= 0.6 is 28.1 Å². The lowest BCUT2D eigenvalue weighted by atomic mass is 10.2. The zero-order valence-corrected chi connectivity index (χ0v) is 14.9. The predicted molar refractivity (Wildman–Crippen MR) is 95.2 cm³/mol. The van der Waals surface area contributed by atoms with Crippen LogP contribution in [0, 0.1) is 0 Å². The van der Waals surface area contributed by atoms with Gasteiger partial charge in [0.1, 0.15) is 5.75 Å². The van der Waals surface area contributed by atoms with Crippen molar-refractivity contribution >= 4 is 50.8 Å². The van der Waals surface area contributed by atoms with Crippen molar-refractivity contribution in [3.63, 3.8) is 0 Å². The molecule has 2 aromatic rings. The van der Waals surface area contributed by atoms with Crippen LogP contribution in [0.4, 0.5) is 5.69 Å². The van der Waals surface area contributed by atoms with E-state index in [9.17, 15) is 14.7 Å². The maximum absolute atomic E-state index is 12.2. The Balaban J connectivity index is 2.04. The Morgan fingerprint density at radius 2 is 1.92 bits per heavy atom. The number of methoxy groups -OCH3 is 1. The van der Waals surface area contributed by atoms with Gasteiger partial charge >= 0.3 is 0 Å². The number of ether oxygens (including phenoxy) is 1. The number of hydrogen-bond acceptors (Lipinski definition) is 5. The van der Waals surface area contributed by atoms with E-state index in [4.69, 9.17) is 17.0 Å². The smallest absolute Gasteiger partial charge is 0.257 e. The molecule has 0 radical (unpaired) electrons. The second kappa shape index (κ2) is 7.89. The highest BCUT2D eigenvalue weighted by molar-refractivity contribution is 9.10. The zero-order chi connectivity index (χ0) is 17.7. The first kappa shape index (κ1) is 17.9. The molecule has 124 valence electrons. The van der Waals surface area contributed by atoms with Crippen molar-refractivity contribution < 1.29 is 19.4 Å². The highest BCUT2D eigenvalue weighted by Gasteiger charge is 2.11. The van der Waals surface area contributed by atoms with Crippen LogP contribution < -0.4 is 20.5 Å². The first-order chi connectivity index (χ1) is 11.4. The Bertz CT molecular complexity index is 810. The van der Waals surface area contributed by atoms with Gasteiger partial charge in [0.2, 0.25) is 0 Å². The molecule has 0 aliphatic rings. The number of rotatable bonds is 4. The molecule has 0 saturated carbocycles. The average molecular weight is 408 g/mol. The summed E-state index contributed by atoms with van der Waals surface area (Å²) in [6, 6.07) is 10.8. The van der Waals surface area contributed by atoms with E-state index in [1.807, 2.05) is 0 Å². The minimum Gasteiger partial charge on any atom is -0.545 e. The average Bonchev–Trinajstić information content (AvgIpc) is 2.54. The molecule has 0 aliphatic carbocycles. The number of carboxylic acids is 1. The molecule has 24 heavy (non-hydrogen) atoms. The lowest BCUT2D eigenvalue weighted by molar-refractivity contribution is -0.255. The number of thiocarbonyl (C=S) groups is 1. The lowest BCUT2D eigenvalue weighted by Gasteiger charge is -2.11. The summed E-state index contributed by atoms with van der Waals surface area (Å²) in [4.78, 5) is 23.0. The third-order valence-corrected chi connectivity index (χ3v) is 3.82. The standard InChI is InChI=1S/C16H13BrN2O4S/c1-23-13-6-5-9(8-12(13)17)14(20)19-16(24)18-11-4-2-3-10(7-11)15(21)22/h2-8H,1H3,(H,21,22)(H2,18,19,20,24)/p-1. The largest absolute Gasteiger partial charge is 0.545 e. The van der Waals surface area contributed by atoms with Gasteiger partial charge in [0, 0.05) is 11.3 Å². The van der Waals surface area contributed by atoms with Gasteiger partial charge in [-0.1, -0.05) is 12.1 Å². The van der Waals surface area contributed by atoms with Crippen molar-refractivity contribution in [2.75, 3.05) is 12.4 Å². The fraction of sp³-hybridized carbons (Fsp3) is 0.0625. The van der Waals surface area contributed by atoms with Gasteiger partial charge in [-0.25, -0.2) is 0 Å². The van der Waals surface area contributed by atoms with Crippen LogP contribution in [0.3, 0.4) is 0 Å². The molecule has 0 spiro atoms. The number of carbonyl (C=O) groups is 2. The number of aromatic carboxylic acids is 1. The summed E-state index contributed by atoms with van der Waals surface area (Å²) >= 11 is 8.36. The molecule has 0 fully saturated rings. The Kier molecular flexibility index (Phi) is 5.88. The van der Waals surface area contributed by atoms with Crippen molar-refractivity contribution in [3.05, 3.63) is 58.1 Å². The van der Waals surface area contributed by atoms with Crippen LogP contribution in [0.25, 0.3) is 0 Å². The molecule has 2 aromatic carbocycles. The van der Waals surface area contributed by atoms with Crippen LogP contribution in [0.5, 0.6) is 5.75 Å². The summed E-state index contributed by atoms with van der Waals surface area (Å²) in [7, 11) is 1.53. The van der Waals surface area contributed by atoms with Gasteiger partial charge in [0.15, 0.2) is 5.11 Å². The third kappa shape index (κ3) is 4.53. The van der Waals surface area contributed by atoms with Crippen LogP contribution in [0.2, 0.25) is 0 Å². The SMILES string of the molecule is COc1ccc(C(=O)NC(=S)Nc2cccc(C(=O)[O-])c2)cc1Br. The van der Waals surface area contributed by atoms with Gasteiger partial charge < -0.3 is 20.0 Å². The molecule has 0 heterocycles. The maximum atomic E-state index is 12.2. The van der Waals surface area contributed by atoms with Gasteiger partial charge in [0.25, 0.3) is 5.91 Å². The minimum atomic E-state index is -1.29. The molecule has 6 nitrogen and oxygen atoms in total. The number of anilines is 1. The van der Waals surface area contributed by atoms with E-state index in [2.05, 4.69) is 26.6 Å². The molecular formula is C16H12BrN2O4S-. The normalized spacial score (nSPS) is 9.92. The highest BCUT2D eigenvalue weighted by atomic mass is 79.9. The first-order valence-electron chi connectivity index (χ1n) is 6.68. The van der Waals surface area contributed by atoms with Gasteiger partial charge in [-0.2, -0.15) is 0 Å². The fourth-order valence-corrected chi connectivity index (χ4v) is 2.62. The van der Waals surface area contributed by atoms with Crippen molar-refractivity contribution in [2.24, 2.45) is 0 Å². The zero-order valence-electron chi connectivity index (χ0n) is 12.5. The third-order valence-electron chi connectivity index (χ3n) is 3.00. The Morgan fingerprint density at radius 1 is 1.17 bits per heavy atom. The Labute approximate surface area is 152 Å². The Hall–Kier alpha value is -2.45. The van der Waals surface area contributed by atoms with E-state index in [-0.39, 0.29) is 10.7 Å². The number of carbonyl (C=O) groups excluding carboxylic acids is 2. The van der Waals surface area contributed by atoms with Gasteiger partial charge in [-0.15, -0.1) is 0 Å². The predicted octanol–water partition coefficient (Wildman–Crippen LogP) is 1.95. The molecule has 1 amide bonds. The molecular weight excluding hydrogens is 396 g/mol. The van der Waals surface area contributed by atoms with Crippen molar-refractivity contribution in [3.8, 4) is 5.75 Å². The summed E-state index contributed by atoms with van der Waals surface area (Å²) in [5.74, 6) is -1.10. The van der Waals surface area contributed by atoms with Gasteiger partial charge in [0.05, 0.1) is 17.6 Å². The molecule has 0 aromatic heterocycles. The van der Waals surface area contributed by atoms with Crippen LogP contribution in [-0.4, -0.2) is 24.1 Å². The lowest BCUT2D eigenvalue weighted by Crippen LogP contribution is -2.34. The molecule has 0 atom stereocenters. The van der Waals surface area contributed by atoms with Crippen LogP contribution in [0.15, 0.2) is 46.9 Å². The van der Waals surface area contributed by atoms with E-state index >= 15 is 0 Å². The number of halogens is 1. The van der Waals surface area contributed by atoms with Crippen molar-refractivity contribution in [1.29, 1.82) is 0 Å². The topological polar surface area (TPSA) is 90.5 Å². The van der Waals surface area contributed by atoms with E-state index in [0.29, 0.717) is 21.5 Å². The number of hydrogen-bond donors (Lipinski definition) is 2. The minimum absolute atomic E-state index is 0.00760. The van der Waals surface area contributed by atoms with Crippen LogP contribution in [-0.2, 0) is 0 Å². The van der Waals surface area contributed by atoms with E-state index < -0.39 is 11.9 Å². The van der Waals surface area contributed by atoms with E-state index in [0.717, 1.165) is 0 Å². The van der Waals surface area contributed by atoms with Crippen molar-refractivity contribution in [1.82, 2.24) is 5.32 Å². The maximum Gasteiger partial charge on any atom is 0.257 e. The molecule has 2 rings (SSSR count). The molecule has 2 N–H and O–H groups in total. The molecule has 8 heteroatoms. The molecule has 0 bridgehead atoms. The van der Waals surface area contributed by atoms with Gasteiger partial charge in [-0.05, 0) is 64.0 Å². The highest BCUT2D eigenvalue weighted by Crippen LogP contribution is 2.25. The number of nitrogens with one attached hydrogen (secondary N) is 2. The molecule has 0 unspecified atom stereocenters. The summed E-state index contributed by atoms with van der Waals surface area (Å²) in [5.41, 5.74) is 0.821. The second-order valence-electron chi connectivity index (χ2n) is 4.63. The summed E-state index contributed by atoms with van der Waals surface area (Å²) in [6.45, 7) is 0. The summed E-state index contributed by atoms with van der Waals surface area (Å²) in [5, 5.41) is 16.1. The van der Waals surface area contributed by atoms with Gasteiger partial charge in [-0.3, -0.25) is 10.1 Å².